The number of hydrogen-bond donors (Lipinski definition) is 0. The molecule has 0 aliphatic rings. The highest BCUT2D eigenvalue weighted by Crippen LogP contribution is 2.33. The topological polar surface area (TPSA) is 51.6 Å². The van der Waals surface area contributed by atoms with Gasteiger partial charge in [-0.3, -0.25) is 9.97 Å². The fourth-order valence-corrected chi connectivity index (χ4v) is 7.48. The van der Waals surface area contributed by atoms with Gasteiger partial charge in [-0.25, -0.2) is 9.97 Å². The lowest BCUT2D eigenvalue weighted by Crippen LogP contribution is -1.90. The van der Waals surface area contributed by atoms with Crippen LogP contribution in [-0.2, 0) is 0 Å². The summed E-state index contributed by atoms with van der Waals surface area (Å²) in [7, 11) is 0. The first-order chi connectivity index (χ1) is 26.5. The third kappa shape index (κ3) is 5.75. The van der Waals surface area contributed by atoms with Crippen molar-refractivity contribution in [1.29, 1.82) is 0 Å². The molecule has 0 spiro atoms. The Morgan fingerprint density at radius 3 is 0.944 bits per heavy atom. The van der Waals surface area contributed by atoms with E-state index in [1.54, 1.807) is 0 Å². The molecule has 254 valence electrons. The average Bonchev–Trinajstić information content (AvgIpc) is 3.23. The molecule has 0 amide bonds. The Hall–Kier alpha value is -7.04. The summed E-state index contributed by atoms with van der Waals surface area (Å²) in [5.74, 6) is 0. The molecule has 0 saturated carbocycles. The minimum absolute atomic E-state index is 0.937. The van der Waals surface area contributed by atoms with Crippen LogP contribution >= 0.6 is 0 Å². The van der Waals surface area contributed by atoms with Gasteiger partial charge in [0.05, 0.1) is 33.5 Å². The number of rotatable bonds is 5. The molecule has 54 heavy (non-hydrogen) atoms. The van der Waals surface area contributed by atoms with E-state index in [0.29, 0.717) is 0 Å². The third-order valence-corrected chi connectivity index (χ3v) is 10.4. The fraction of sp³-hybridized carbons (Fsp3) is 0.0400. The Labute approximate surface area is 313 Å². The van der Waals surface area contributed by atoms with Crippen molar-refractivity contribution in [2.24, 2.45) is 0 Å². The number of nitrogens with zero attached hydrogens (tertiary/aromatic N) is 4. The van der Waals surface area contributed by atoms with Crippen LogP contribution < -0.4 is 0 Å². The molecular weight excluding hydrogens is 657 g/mol. The molecule has 0 saturated heterocycles. The Morgan fingerprint density at radius 1 is 0.259 bits per heavy atom. The van der Waals surface area contributed by atoms with Gasteiger partial charge in [0.25, 0.3) is 0 Å². The quantitative estimate of drug-likeness (QED) is 0.169. The van der Waals surface area contributed by atoms with Crippen LogP contribution in [0.5, 0.6) is 0 Å². The number of pyridine rings is 4. The van der Waals surface area contributed by atoms with Gasteiger partial charge in [0.2, 0.25) is 0 Å². The molecule has 4 heterocycles. The monoisotopic (exact) mass is 690 g/mol. The van der Waals surface area contributed by atoms with Crippen LogP contribution in [0.1, 0.15) is 11.4 Å². The second kappa shape index (κ2) is 12.9. The maximum atomic E-state index is 5.08. The summed E-state index contributed by atoms with van der Waals surface area (Å²) in [5, 5.41) is 4.40. The van der Waals surface area contributed by atoms with Crippen molar-refractivity contribution in [3.63, 3.8) is 0 Å². The van der Waals surface area contributed by atoms with Crippen LogP contribution in [0, 0.1) is 13.8 Å². The summed E-state index contributed by atoms with van der Waals surface area (Å²) in [4.78, 5) is 19.8. The lowest BCUT2D eigenvalue weighted by molar-refractivity contribution is 1.25. The van der Waals surface area contributed by atoms with Gasteiger partial charge in [-0.05, 0) is 83.6 Å². The molecule has 4 aromatic heterocycles. The molecular formula is C50H34N4. The highest BCUT2D eigenvalue weighted by Gasteiger charge is 2.11. The molecule has 4 nitrogen and oxygen atoms in total. The van der Waals surface area contributed by atoms with E-state index < -0.39 is 0 Å². The largest absolute Gasteiger partial charge is 0.251 e. The summed E-state index contributed by atoms with van der Waals surface area (Å²) in [6.45, 7) is 4.05. The summed E-state index contributed by atoms with van der Waals surface area (Å²) < 4.78 is 0. The summed E-state index contributed by atoms with van der Waals surface area (Å²) in [5.41, 5.74) is 16.8. The standard InChI is InChI=1S/C50H34N4/c1-31-9-11-37-21-23-39-25-27-45(53-49(39)47(37)51-31)35-17-13-33(14-18-35)41-5-3-7-43(29-41)44-8-4-6-42(30-44)34-15-19-36(20-16-34)46-28-26-40-24-22-38-12-10-32(2)52-48(38)50(40)54-46/h3-30H,1-2H3. The second-order valence-electron chi connectivity index (χ2n) is 14.0. The SMILES string of the molecule is Cc1ccc2ccc3ccc(-c4ccc(-c5cccc(-c6cccc(-c7ccc(-c8ccc9ccc%10ccc(C)nc%10c9n8)cc7)c6)c5)cc4)nc3c2n1. The van der Waals surface area contributed by atoms with E-state index in [1.807, 2.05) is 26.0 Å². The van der Waals surface area contributed by atoms with Gasteiger partial charge in [0, 0.05) is 44.1 Å². The first-order valence-electron chi connectivity index (χ1n) is 18.3. The van der Waals surface area contributed by atoms with Gasteiger partial charge in [0.1, 0.15) is 0 Å². The van der Waals surface area contributed by atoms with Gasteiger partial charge in [-0.1, -0.05) is 133 Å². The molecule has 4 heteroatoms. The van der Waals surface area contributed by atoms with Crippen molar-refractivity contribution in [2.75, 3.05) is 0 Å². The van der Waals surface area contributed by atoms with Gasteiger partial charge < -0.3 is 0 Å². The molecule has 10 rings (SSSR count). The predicted octanol–water partition coefficient (Wildman–Crippen LogP) is 12.8. The summed E-state index contributed by atoms with van der Waals surface area (Å²) in [6, 6.07) is 60.3. The molecule has 6 aromatic carbocycles. The highest BCUT2D eigenvalue weighted by molar-refractivity contribution is 6.04. The summed E-state index contributed by atoms with van der Waals surface area (Å²) >= 11 is 0. The van der Waals surface area contributed by atoms with E-state index in [-0.39, 0.29) is 0 Å². The van der Waals surface area contributed by atoms with Gasteiger partial charge >= 0.3 is 0 Å². The van der Waals surface area contributed by atoms with Gasteiger partial charge in [0.15, 0.2) is 0 Å². The number of benzene rings is 6. The van der Waals surface area contributed by atoms with Crippen LogP contribution in [0.15, 0.2) is 170 Å². The van der Waals surface area contributed by atoms with Crippen LogP contribution in [0.3, 0.4) is 0 Å². The minimum atomic E-state index is 0.937. The van der Waals surface area contributed by atoms with E-state index in [2.05, 4.69) is 158 Å². The first kappa shape index (κ1) is 31.7. The van der Waals surface area contributed by atoms with Crippen molar-refractivity contribution in [2.45, 2.75) is 13.8 Å². The molecule has 0 bridgehead atoms. The molecule has 10 aromatic rings. The normalized spacial score (nSPS) is 11.5. The minimum Gasteiger partial charge on any atom is -0.251 e. The van der Waals surface area contributed by atoms with E-state index >= 15 is 0 Å². The van der Waals surface area contributed by atoms with Crippen LogP contribution in [-0.4, -0.2) is 19.9 Å². The van der Waals surface area contributed by atoms with E-state index in [0.717, 1.165) is 88.6 Å². The fourth-order valence-electron chi connectivity index (χ4n) is 7.48. The maximum absolute atomic E-state index is 5.08. The number of aromatic nitrogens is 4. The zero-order chi connectivity index (χ0) is 36.2. The van der Waals surface area contributed by atoms with Crippen LogP contribution in [0.2, 0.25) is 0 Å². The summed E-state index contributed by atoms with van der Waals surface area (Å²) in [6.07, 6.45) is 0. The van der Waals surface area contributed by atoms with Crippen molar-refractivity contribution >= 4 is 43.6 Å². The smallest absolute Gasteiger partial charge is 0.0972 e. The first-order valence-corrected chi connectivity index (χ1v) is 18.3. The maximum Gasteiger partial charge on any atom is 0.0972 e. The molecule has 0 aliphatic heterocycles. The Kier molecular flexibility index (Phi) is 7.55. The molecule has 0 fully saturated rings. The lowest BCUT2D eigenvalue weighted by atomic mass is 9.95. The average molecular weight is 691 g/mol. The van der Waals surface area contributed by atoms with Gasteiger partial charge in [-0.2, -0.15) is 0 Å². The van der Waals surface area contributed by atoms with Crippen molar-refractivity contribution in [1.82, 2.24) is 19.9 Å². The number of aryl methyl sites for hydroxylation is 2. The Morgan fingerprint density at radius 2 is 0.556 bits per heavy atom. The van der Waals surface area contributed by atoms with Crippen LogP contribution in [0.4, 0.5) is 0 Å². The lowest BCUT2D eigenvalue weighted by Gasteiger charge is -2.10. The van der Waals surface area contributed by atoms with Crippen molar-refractivity contribution < 1.29 is 0 Å². The molecule has 0 atom stereocenters. The van der Waals surface area contributed by atoms with Crippen LogP contribution in [0.25, 0.3) is 99.5 Å². The highest BCUT2D eigenvalue weighted by atomic mass is 14.8. The zero-order valence-electron chi connectivity index (χ0n) is 30.0. The number of hydrogen-bond acceptors (Lipinski definition) is 4. The van der Waals surface area contributed by atoms with E-state index in [1.165, 1.54) is 22.3 Å². The second-order valence-corrected chi connectivity index (χ2v) is 14.0. The molecule has 0 aliphatic carbocycles. The Balaban J connectivity index is 0.913. The zero-order valence-corrected chi connectivity index (χ0v) is 30.0. The molecule has 0 radical (unpaired) electrons. The third-order valence-electron chi connectivity index (χ3n) is 10.4. The Bertz CT molecular complexity index is 2850. The van der Waals surface area contributed by atoms with Crippen molar-refractivity contribution in [3.05, 3.63) is 181 Å². The molecule has 0 N–H and O–H groups in total. The molecule has 0 unspecified atom stereocenters. The van der Waals surface area contributed by atoms with E-state index in [4.69, 9.17) is 19.9 Å². The van der Waals surface area contributed by atoms with E-state index in [9.17, 15) is 0 Å². The predicted molar refractivity (Wildman–Crippen MR) is 224 cm³/mol. The van der Waals surface area contributed by atoms with Crippen molar-refractivity contribution in [3.8, 4) is 55.9 Å². The number of fused-ring (bicyclic) bond motifs is 6. The van der Waals surface area contributed by atoms with Gasteiger partial charge in [-0.15, -0.1) is 0 Å².